The molecule has 0 spiro atoms. The Morgan fingerprint density at radius 1 is 1.44 bits per heavy atom. The monoisotopic (exact) mass is 261 g/mol. The number of alkyl halides is 4. The highest BCUT2D eigenvalue weighted by Gasteiger charge is 2.30. The van der Waals surface area contributed by atoms with Crippen molar-refractivity contribution in [3.63, 3.8) is 0 Å². The van der Waals surface area contributed by atoms with E-state index in [1.165, 1.54) is 0 Å². The van der Waals surface area contributed by atoms with Crippen molar-refractivity contribution in [2.45, 2.75) is 25.5 Å². The molecule has 3 nitrogen and oxygen atoms in total. The lowest BCUT2D eigenvalue weighted by Crippen LogP contribution is -2.48. The summed E-state index contributed by atoms with van der Waals surface area (Å²) in [5.74, 6) is 0.348. The normalized spacial score (nSPS) is 28.3. The molecule has 1 heterocycles. The van der Waals surface area contributed by atoms with Crippen molar-refractivity contribution in [1.82, 2.24) is 4.90 Å². The highest BCUT2D eigenvalue weighted by Crippen LogP contribution is 2.17. The molecule has 1 rings (SSSR count). The van der Waals surface area contributed by atoms with Gasteiger partial charge in [0, 0.05) is 25.5 Å². The van der Waals surface area contributed by atoms with Crippen LogP contribution >= 0.6 is 11.6 Å². The molecule has 0 saturated carbocycles. The van der Waals surface area contributed by atoms with Gasteiger partial charge in [-0.25, -0.2) is 0 Å². The molecule has 2 unspecified atom stereocenters. The molecule has 0 amide bonds. The first-order valence-corrected chi connectivity index (χ1v) is 5.58. The molecule has 0 aromatic heterocycles. The summed E-state index contributed by atoms with van der Waals surface area (Å²) in [6, 6.07) is 0. The Bertz CT molecular complexity index is 215. The Labute approximate surface area is 97.4 Å². The summed E-state index contributed by atoms with van der Waals surface area (Å²) in [7, 11) is 0. The zero-order valence-corrected chi connectivity index (χ0v) is 9.72. The summed E-state index contributed by atoms with van der Waals surface area (Å²) in [6.45, 7) is 2.91. The van der Waals surface area contributed by atoms with Crippen LogP contribution in [0.3, 0.4) is 0 Å². The van der Waals surface area contributed by atoms with Crippen molar-refractivity contribution in [2.24, 2.45) is 0 Å². The van der Waals surface area contributed by atoms with E-state index >= 15 is 0 Å². The van der Waals surface area contributed by atoms with E-state index in [4.69, 9.17) is 16.3 Å². The van der Waals surface area contributed by atoms with Gasteiger partial charge < -0.3 is 4.74 Å². The fourth-order valence-corrected chi connectivity index (χ4v) is 1.87. The number of hydrogen-bond donors (Lipinski definition) is 0. The zero-order chi connectivity index (χ0) is 12.2. The van der Waals surface area contributed by atoms with Gasteiger partial charge >= 0.3 is 6.36 Å². The van der Waals surface area contributed by atoms with E-state index in [2.05, 4.69) is 4.74 Å². The molecule has 0 N–H and O–H groups in total. The summed E-state index contributed by atoms with van der Waals surface area (Å²) in [6.07, 6.45) is -4.68. The van der Waals surface area contributed by atoms with E-state index in [-0.39, 0.29) is 25.4 Å². The highest BCUT2D eigenvalue weighted by atomic mass is 35.5. The fraction of sp³-hybridized carbons (Fsp3) is 1.00. The van der Waals surface area contributed by atoms with Crippen LogP contribution in [-0.2, 0) is 9.47 Å². The standard InChI is InChI=1S/C9H15ClF3NO2/c1-7-5-14(6-8(4-10)16-7)2-3-15-9(11,12)13/h7-8H,2-6H2,1H3. The van der Waals surface area contributed by atoms with E-state index in [1.54, 1.807) is 0 Å². The molecule has 0 aromatic rings. The molecule has 2 atom stereocenters. The van der Waals surface area contributed by atoms with Crippen molar-refractivity contribution in [2.75, 3.05) is 32.1 Å². The number of morpholine rings is 1. The third kappa shape index (κ3) is 5.34. The van der Waals surface area contributed by atoms with Gasteiger partial charge in [0.1, 0.15) is 0 Å². The van der Waals surface area contributed by atoms with E-state index < -0.39 is 6.36 Å². The maximum absolute atomic E-state index is 11.7. The molecule has 0 bridgehead atoms. The molecule has 96 valence electrons. The maximum Gasteiger partial charge on any atom is 0.522 e. The molecule has 0 radical (unpaired) electrons. The van der Waals surface area contributed by atoms with Crippen LogP contribution in [0.15, 0.2) is 0 Å². The van der Waals surface area contributed by atoms with Gasteiger partial charge in [-0.15, -0.1) is 24.8 Å². The van der Waals surface area contributed by atoms with Crippen molar-refractivity contribution in [3.05, 3.63) is 0 Å². The van der Waals surface area contributed by atoms with Crippen LogP contribution in [0.2, 0.25) is 0 Å². The predicted molar refractivity (Wildman–Crippen MR) is 53.5 cm³/mol. The Hall–Kier alpha value is -0.0400. The van der Waals surface area contributed by atoms with Gasteiger partial charge in [0.15, 0.2) is 0 Å². The molecule has 0 aliphatic carbocycles. The predicted octanol–water partition coefficient (Wildman–Crippen LogP) is 1.85. The molecule has 1 aliphatic heterocycles. The highest BCUT2D eigenvalue weighted by molar-refractivity contribution is 6.18. The van der Waals surface area contributed by atoms with Gasteiger partial charge in [-0.2, -0.15) is 0 Å². The Balaban J connectivity index is 2.26. The molecule has 1 saturated heterocycles. The van der Waals surface area contributed by atoms with Gasteiger partial charge in [0.05, 0.1) is 18.8 Å². The van der Waals surface area contributed by atoms with Crippen LogP contribution in [0.25, 0.3) is 0 Å². The van der Waals surface area contributed by atoms with Crippen molar-refractivity contribution >= 4 is 11.6 Å². The first kappa shape index (κ1) is 14.0. The van der Waals surface area contributed by atoms with Crippen LogP contribution in [0.5, 0.6) is 0 Å². The molecular weight excluding hydrogens is 247 g/mol. The smallest absolute Gasteiger partial charge is 0.371 e. The third-order valence-corrected chi connectivity index (χ3v) is 2.59. The van der Waals surface area contributed by atoms with Gasteiger partial charge in [0.25, 0.3) is 0 Å². The average Bonchev–Trinajstić information content (AvgIpc) is 2.14. The van der Waals surface area contributed by atoms with Crippen molar-refractivity contribution in [1.29, 1.82) is 0 Å². The number of ether oxygens (including phenoxy) is 2. The van der Waals surface area contributed by atoms with E-state index in [9.17, 15) is 13.2 Å². The van der Waals surface area contributed by atoms with E-state index in [0.29, 0.717) is 19.0 Å². The summed E-state index contributed by atoms with van der Waals surface area (Å²) < 4.78 is 44.4. The van der Waals surface area contributed by atoms with Gasteiger partial charge in [-0.05, 0) is 6.92 Å². The topological polar surface area (TPSA) is 21.7 Å². The quantitative estimate of drug-likeness (QED) is 0.721. The van der Waals surface area contributed by atoms with Crippen molar-refractivity contribution in [3.8, 4) is 0 Å². The summed E-state index contributed by atoms with van der Waals surface area (Å²) in [4.78, 5) is 1.87. The Kier molecular flexibility index (Phi) is 5.30. The van der Waals surface area contributed by atoms with Crippen LogP contribution in [0.1, 0.15) is 6.92 Å². The minimum absolute atomic E-state index is 0.0108. The van der Waals surface area contributed by atoms with Gasteiger partial charge in [-0.3, -0.25) is 9.64 Å². The summed E-state index contributed by atoms with van der Waals surface area (Å²) in [5, 5.41) is 0. The van der Waals surface area contributed by atoms with Crippen molar-refractivity contribution < 1.29 is 22.6 Å². The molecule has 1 aliphatic rings. The molecule has 7 heteroatoms. The minimum atomic E-state index is -4.55. The molecule has 1 fully saturated rings. The van der Waals surface area contributed by atoms with Crippen LogP contribution in [0.4, 0.5) is 13.2 Å². The maximum atomic E-state index is 11.7. The number of rotatable bonds is 4. The Morgan fingerprint density at radius 2 is 2.12 bits per heavy atom. The summed E-state index contributed by atoms with van der Waals surface area (Å²) >= 11 is 5.65. The first-order chi connectivity index (χ1) is 7.40. The van der Waals surface area contributed by atoms with Gasteiger partial charge in [0.2, 0.25) is 0 Å². The SMILES string of the molecule is CC1CN(CCOC(F)(F)F)CC(CCl)O1. The molecular formula is C9H15ClF3NO2. The lowest BCUT2D eigenvalue weighted by molar-refractivity contribution is -0.325. The second-order valence-electron chi connectivity index (χ2n) is 3.78. The largest absolute Gasteiger partial charge is 0.522 e. The first-order valence-electron chi connectivity index (χ1n) is 5.05. The van der Waals surface area contributed by atoms with E-state index in [0.717, 1.165) is 0 Å². The second-order valence-corrected chi connectivity index (χ2v) is 4.09. The zero-order valence-electron chi connectivity index (χ0n) is 8.97. The number of nitrogens with zero attached hydrogens (tertiary/aromatic N) is 1. The third-order valence-electron chi connectivity index (χ3n) is 2.25. The van der Waals surface area contributed by atoms with Crippen LogP contribution in [0, 0.1) is 0 Å². The van der Waals surface area contributed by atoms with Crippen LogP contribution < -0.4 is 0 Å². The second kappa shape index (κ2) is 6.05. The molecule has 0 aromatic carbocycles. The van der Waals surface area contributed by atoms with Crippen LogP contribution in [-0.4, -0.2) is 55.6 Å². The lowest BCUT2D eigenvalue weighted by Gasteiger charge is -2.35. The average molecular weight is 262 g/mol. The summed E-state index contributed by atoms with van der Waals surface area (Å²) in [5.41, 5.74) is 0. The van der Waals surface area contributed by atoms with Gasteiger partial charge in [-0.1, -0.05) is 0 Å². The number of hydrogen-bond acceptors (Lipinski definition) is 3. The lowest BCUT2D eigenvalue weighted by atomic mass is 10.2. The minimum Gasteiger partial charge on any atom is -0.371 e. The number of halogens is 4. The fourth-order valence-electron chi connectivity index (χ4n) is 1.70. The Morgan fingerprint density at radius 3 is 2.69 bits per heavy atom. The van der Waals surface area contributed by atoms with E-state index in [1.807, 2.05) is 11.8 Å². The molecule has 16 heavy (non-hydrogen) atoms.